The van der Waals surface area contributed by atoms with Gasteiger partial charge < -0.3 is 35.1 Å². The molecule has 0 aliphatic carbocycles. The normalized spacial score (nSPS) is 15.6. The maximum Gasteiger partial charge on any atom is 0.323 e. The molecule has 6 rings (SSSR count). The Hall–Kier alpha value is -4.48. The molecule has 0 bridgehead atoms. The minimum absolute atomic E-state index is 0.00530. The molecule has 0 atom stereocenters. The van der Waals surface area contributed by atoms with E-state index in [-0.39, 0.29) is 11.9 Å². The quantitative estimate of drug-likeness (QED) is 0.333. The predicted octanol–water partition coefficient (Wildman–Crippen LogP) is 3.64. The third-order valence-corrected chi connectivity index (χ3v) is 7.44. The highest BCUT2D eigenvalue weighted by Gasteiger charge is 2.21. The number of piperazine rings is 1. The maximum absolute atomic E-state index is 12.7. The van der Waals surface area contributed by atoms with Crippen molar-refractivity contribution in [2.24, 2.45) is 0 Å². The van der Waals surface area contributed by atoms with Crippen molar-refractivity contribution < 1.29 is 14.3 Å². The van der Waals surface area contributed by atoms with Crippen LogP contribution in [0.5, 0.6) is 0 Å². The van der Waals surface area contributed by atoms with Gasteiger partial charge in [-0.3, -0.25) is 4.79 Å². The number of ether oxygens (including phenoxy) is 1. The first-order valence-corrected chi connectivity index (χ1v) is 14.1. The summed E-state index contributed by atoms with van der Waals surface area (Å²) in [6.45, 7) is 8.87. The molecule has 0 radical (unpaired) electrons. The Bertz CT molecular complexity index is 1520. The number of carbonyl (C=O) groups excluding carboxylic acids is 2. The fourth-order valence-electron chi connectivity index (χ4n) is 5.22. The highest BCUT2D eigenvalue weighted by Crippen LogP contribution is 2.29. The average Bonchev–Trinajstić information content (AvgIpc) is 3.45. The van der Waals surface area contributed by atoms with Crippen molar-refractivity contribution in [2.75, 3.05) is 68.0 Å². The highest BCUT2D eigenvalue weighted by atomic mass is 16.5. The standard InChI is InChI=1S/C30H34N8O3/c1-2-36-14-11-25-26(36)28(37-17-19-41-20-18-37)35-27(34-25)21-3-7-23(8-4-21)32-30(40)33-24-9-5-22(6-10-24)29(39)38-15-12-31-13-16-38/h3-11,14,31H,2,12-13,15-20H2,1H3,(H2,32,33,40). The van der Waals surface area contributed by atoms with Crippen molar-refractivity contribution >= 4 is 40.2 Å². The number of anilines is 3. The second kappa shape index (κ2) is 11.9. The summed E-state index contributed by atoms with van der Waals surface area (Å²) in [5, 5.41) is 8.94. The fourth-order valence-corrected chi connectivity index (χ4v) is 5.22. The predicted molar refractivity (Wildman–Crippen MR) is 160 cm³/mol. The molecule has 2 saturated heterocycles. The first kappa shape index (κ1) is 26.7. The summed E-state index contributed by atoms with van der Waals surface area (Å²) in [5.41, 5.74) is 4.66. The molecular formula is C30H34N8O3. The summed E-state index contributed by atoms with van der Waals surface area (Å²) in [4.78, 5) is 39.2. The number of rotatable bonds is 6. The molecule has 2 aliphatic rings. The van der Waals surface area contributed by atoms with Gasteiger partial charge in [0.2, 0.25) is 0 Å². The van der Waals surface area contributed by atoms with Crippen molar-refractivity contribution in [1.82, 2.24) is 24.8 Å². The van der Waals surface area contributed by atoms with Crippen LogP contribution in [0.15, 0.2) is 60.8 Å². The number of carbonyl (C=O) groups is 2. The van der Waals surface area contributed by atoms with Gasteiger partial charge in [0.15, 0.2) is 11.6 Å². The van der Waals surface area contributed by atoms with E-state index in [9.17, 15) is 9.59 Å². The van der Waals surface area contributed by atoms with Gasteiger partial charge in [0.25, 0.3) is 5.91 Å². The van der Waals surface area contributed by atoms with E-state index in [1.807, 2.05) is 35.2 Å². The topological polar surface area (TPSA) is 117 Å². The molecule has 4 heterocycles. The summed E-state index contributed by atoms with van der Waals surface area (Å²) < 4.78 is 7.73. The van der Waals surface area contributed by atoms with Crippen molar-refractivity contribution in [3.05, 3.63) is 66.4 Å². The molecule has 2 aliphatic heterocycles. The Kier molecular flexibility index (Phi) is 7.79. The summed E-state index contributed by atoms with van der Waals surface area (Å²) in [5.74, 6) is 1.56. The van der Waals surface area contributed by atoms with Crippen LogP contribution >= 0.6 is 0 Å². The minimum atomic E-state index is -0.368. The van der Waals surface area contributed by atoms with Crippen LogP contribution in [0.1, 0.15) is 17.3 Å². The summed E-state index contributed by atoms with van der Waals surface area (Å²) in [6.07, 6.45) is 2.05. The van der Waals surface area contributed by atoms with Crippen molar-refractivity contribution in [1.29, 1.82) is 0 Å². The Balaban J connectivity index is 1.13. The van der Waals surface area contributed by atoms with Crippen LogP contribution in [0.2, 0.25) is 0 Å². The molecule has 4 aromatic rings. The number of morpholine rings is 1. The molecule has 3 amide bonds. The van der Waals surface area contributed by atoms with E-state index >= 15 is 0 Å². The zero-order valence-corrected chi connectivity index (χ0v) is 23.1. The van der Waals surface area contributed by atoms with Gasteiger partial charge in [-0.2, -0.15) is 0 Å². The number of fused-ring (bicyclic) bond motifs is 1. The van der Waals surface area contributed by atoms with E-state index < -0.39 is 0 Å². The van der Waals surface area contributed by atoms with E-state index in [2.05, 4.69) is 38.5 Å². The first-order chi connectivity index (χ1) is 20.1. The molecule has 2 aromatic heterocycles. The van der Waals surface area contributed by atoms with E-state index in [1.54, 1.807) is 24.3 Å². The lowest BCUT2D eigenvalue weighted by Gasteiger charge is -2.29. The lowest BCUT2D eigenvalue weighted by molar-refractivity contribution is 0.0736. The lowest BCUT2D eigenvalue weighted by Crippen LogP contribution is -2.46. The molecule has 0 unspecified atom stereocenters. The van der Waals surface area contributed by atoms with Gasteiger partial charge in [-0.1, -0.05) is 0 Å². The number of nitrogens with zero attached hydrogens (tertiary/aromatic N) is 5. The smallest absolute Gasteiger partial charge is 0.323 e. The van der Waals surface area contributed by atoms with E-state index in [4.69, 9.17) is 14.7 Å². The monoisotopic (exact) mass is 554 g/mol. The van der Waals surface area contributed by atoms with E-state index in [0.717, 1.165) is 55.1 Å². The SMILES string of the molecule is CCn1ccc2nc(-c3ccc(NC(=O)Nc4ccc(C(=O)N5CCNCC5)cc4)cc3)nc(N3CCOCC3)c21. The molecule has 11 heteroatoms. The van der Waals surface area contributed by atoms with Crippen molar-refractivity contribution in [3.8, 4) is 11.4 Å². The molecule has 0 spiro atoms. The second-order valence-corrected chi connectivity index (χ2v) is 10.1. The van der Waals surface area contributed by atoms with Crippen LogP contribution in [-0.2, 0) is 11.3 Å². The molecule has 41 heavy (non-hydrogen) atoms. The highest BCUT2D eigenvalue weighted by molar-refractivity contribution is 6.00. The second-order valence-electron chi connectivity index (χ2n) is 10.1. The average molecular weight is 555 g/mol. The number of amides is 3. The zero-order chi connectivity index (χ0) is 28.2. The number of benzene rings is 2. The van der Waals surface area contributed by atoms with Gasteiger partial charge in [-0.05, 0) is 61.5 Å². The molecular weight excluding hydrogens is 520 g/mol. The Morgan fingerprint density at radius 2 is 1.54 bits per heavy atom. The number of nitrogens with one attached hydrogen (secondary N) is 3. The minimum Gasteiger partial charge on any atom is -0.378 e. The van der Waals surface area contributed by atoms with Gasteiger partial charge >= 0.3 is 6.03 Å². The van der Waals surface area contributed by atoms with Crippen molar-refractivity contribution in [3.63, 3.8) is 0 Å². The maximum atomic E-state index is 12.7. The van der Waals surface area contributed by atoms with Gasteiger partial charge in [0.05, 0.1) is 18.7 Å². The van der Waals surface area contributed by atoms with Crippen LogP contribution in [0.3, 0.4) is 0 Å². The molecule has 212 valence electrons. The summed E-state index contributed by atoms with van der Waals surface area (Å²) >= 11 is 0. The van der Waals surface area contributed by atoms with Crippen LogP contribution in [-0.4, -0.2) is 83.9 Å². The number of aryl methyl sites for hydroxylation is 1. The molecule has 2 aromatic carbocycles. The lowest BCUT2D eigenvalue weighted by atomic mass is 10.1. The Morgan fingerprint density at radius 3 is 2.20 bits per heavy atom. The van der Waals surface area contributed by atoms with Gasteiger partial charge in [-0.15, -0.1) is 0 Å². The number of aromatic nitrogens is 3. The number of urea groups is 1. The third-order valence-electron chi connectivity index (χ3n) is 7.44. The zero-order valence-electron chi connectivity index (χ0n) is 23.1. The van der Waals surface area contributed by atoms with Gasteiger partial charge in [0.1, 0.15) is 5.52 Å². The van der Waals surface area contributed by atoms with E-state index in [1.165, 1.54) is 0 Å². The van der Waals surface area contributed by atoms with Gasteiger partial charge in [-0.25, -0.2) is 14.8 Å². The fraction of sp³-hybridized carbons (Fsp3) is 0.333. The third kappa shape index (κ3) is 5.86. The number of hydrogen-bond donors (Lipinski definition) is 3. The molecule has 3 N–H and O–H groups in total. The van der Waals surface area contributed by atoms with Crippen LogP contribution in [0, 0.1) is 0 Å². The molecule has 0 saturated carbocycles. The van der Waals surface area contributed by atoms with Gasteiger partial charge in [0, 0.05) is 74.5 Å². The van der Waals surface area contributed by atoms with Crippen molar-refractivity contribution in [2.45, 2.75) is 13.5 Å². The molecule has 2 fully saturated rings. The van der Waals surface area contributed by atoms with Crippen LogP contribution in [0.25, 0.3) is 22.4 Å². The Morgan fingerprint density at radius 1 is 0.878 bits per heavy atom. The summed E-state index contributed by atoms with van der Waals surface area (Å²) in [6, 6.07) is 16.1. The number of hydrogen-bond acceptors (Lipinski definition) is 7. The summed E-state index contributed by atoms with van der Waals surface area (Å²) in [7, 11) is 0. The largest absolute Gasteiger partial charge is 0.378 e. The Labute approximate surface area is 238 Å². The van der Waals surface area contributed by atoms with Crippen LogP contribution in [0.4, 0.5) is 22.0 Å². The van der Waals surface area contributed by atoms with Crippen LogP contribution < -0.4 is 20.9 Å². The van der Waals surface area contributed by atoms with E-state index in [0.29, 0.717) is 49.1 Å². The first-order valence-electron chi connectivity index (χ1n) is 14.1. The molecule has 11 nitrogen and oxygen atoms in total.